The zero-order valence-corrected chi connectivity index (χ0v) is 13.5. The average molecular weight is 318 g/mol. The van der Waals surface area contributed by atoms with E-state index < -0.39 is 0 Å². The Morgan fingerprint density at radius 3 is 3.14 bits per heavy atom. The summed E-state index contributed by atoms with van der Waals surface area (Å²) in [6.07, 6.45) is 4.90. The molecule has 5 nitrogen and oxygen atoms in total. The van der Waals surface area contributed by atoms with Gasteiger partial charge in [-0.2, -0.15) is 16.3 Å². The number of piperidine rings is 1. The van der Waals surface area contributed by atoms with Crippen molar-refractivity contribution in [1.29, 1.82) is 0 Å². The molecule has 0 spiro atoms. The normalized spacial score (nSPS) is 23.0. The van der Waals surface area contributed by atoms with Crippen molar-refractivity contribution < 1.29 is 4.52 Å². The minimum atomic E-state index is 0.544. The van der Waals surface area contributed by atoms with Gasteiger partial charge in [-0.25, -0.2) is 0 Å². The number of likely N-dealkylation sites (tertiary alicyclic amines) is 1. The first-order valence-corrected chi connectivity index (χ1v) is 9.10. The number of hydrogen-bond acceptors (Lipinski definition) is 6. The summed E-state index contributed by atoms with van der Waals surface area (Å²) < 4.78 is 5.35. The molecule has 0 amide bonds. The van der Waals surface area contributed by atoms with Gasteiger partial charge in [0.2, 0.25) is 5.89 Å². The average Bonchev–Trinajstić information content (AvgIpc) is 3.06. The highest BCUT2D eigenvalue weighted by atomic mass is 32.1. The molecule has 2 fully saturated rings. The number of thiophene rings is 1. The van der Waals surface area contributed by atoms with Gasteiger partial charge in [0.25, 0.3) is 0 Å². The quantitative estimate of drug-likeness (QED) is 0.887. The predicted molar refractivity (Wildman–Crippen MR) is 85.7 cm³/mol. The maximum Gasteiger partial charge on any atom is 0.229 e. The third kappa shape index (κ3) is 3.56. The van der Waals surface area contributed by atoms with Gasteiger partial charge in [-0.3, -0.25) is 4.90 Å². The van der Waals surface area contributed by atoms with Crippen LogP contribution in [0.3, 0.4) is 0 Å². The van der Waals surface area contributed by atoms with Gasteiger partial charge >= 0.3 is 0 Å². The van der Waals surface area contributed by atoms with E-state index in [2.05, 4.69) is 37.2 Å². The molecule has 2 aromatic rings. The first kappa shape index (κ1) is 14.4. The highest BCUT2D eigenvalue weighted by Gasteiger charge is 2.30. The largest absolute Gasteiger partial charge is 0.339 e. The number of nitrogens with zero attached hydrogens (tertiary/aromatic N) is 3. The van der Waals surface area contributed by atoms with E-state index >= 15 is 0 Å². The van der Waals surface area contributed by atoms with Crippen molar-refractivity contribution in [1.82, 2.24) is 20.4 Å². The third-order valence-electron chi connectivity index (χ3n) is 4.46. The van der Waals surface area contributed by atoms with Crippen molar-refractivity contribution in [3.05, 3.63) is 34.1 Å². The van der Waals surface area contributed by atoms with E-state index in [0.717, 1.165) is 37.9 Å². The Kier molecular flexibility index (Phi) is 4.23. The van der Waals surface area contributed by atoms with Crippen LogP contribution in [0.5, 0.6) is 0 Å². The number of aromatic nitrogens is 2. The van der Waals surface area contributed by atoms with E-state index in [-0.39, 0.29) is 0 Å². The van der Waals surface area contributed by atoms with Gasteiger partial charge in [0.1, 0.15) is 0 Å². The molecule has 1 aliphatic heterocycles. The van der Waals surface area contributed by atoms with Crippen LogP contribution in [-0.2, 0) is 13.1 Å². The number of hydrogen-bond donors (Lipinski definition) is 1. The summed E-state index contributed by atoms with van der Waals surface area (Å²) in [6, 6.07) is 2.75. The zero-order valence-electron chi connectivity index (χ0n) is 12.7. The Morgan fingerprint density at radius 2 is 2.32 bits per heavy atom. The topological polar surface area (TPSA) is 54.2 Å². The molecule has 3 heterocycles. The van der Waals surface area contributed by atoms with E-state index in [0.29, 0.717) is 12.0 Å². The Bertz CT molecular complexity index is 593. The zero-order chi connectivity index (χ0) is 14.8. The Labute approximate surface area is 134 Å². The van der Waals surface area contributed by atoms with Crippen LogP contribution in [0.25, 0.3) is 0 Å². The van der Waals surface area contributed by atoms with Gasteiger partial charge in [0, 0.05) is 25.0 Å². The fourth-order valence-corrected chi connectivity index (χ4v) is 3.72. The molecule has 2 aromatic heterocycles. The van der Waals surface area contributed by atoms with Crippen molar-refractivity contribution in [2.24, 2.45) is 0 Å². The van der Waals surface area contributed by atoms with E-state index in [1.165, 1.54) is 31.2 Å². The highest BCUT2D eigenvalue weighted by molar-refractivity contribution is 7.07. The minimum absolute atomic E-state index is 0.544. The van der Waals surface area contributed by atoms with Crippen LogP contribution < -0.4 is 5.32 Å². The van der Waals surface area contributed by atoms with E-state index in [9.17, 15) is 0 Å². The van der Waals surface area contributed by atoms with Crippen molar-refractivity contribution in [3.63, 3.8) is 0 Å². The Morgan fingerprint density at radius 1 is 1.36 bits per heavy atom. The molecular weight excluding hydrogens is 296 g/mol. The van der Waals surface area contributed by atoms with Crippen LogP contribution in [0.1, 0.15) is 48.9 Å². The lowest BCUT2D eigenvalue weighted by Crippen LogP contribution is -2.45. The molecular formula is C16H22N4OS. The number of rotatable bonds is 6. The first-order valence-electron chi connectivity index (χ1n) is 8.16. The van der Waals surface area contributed by atoms with Gasteiger partial charge < -0.3 is 9.84 Å². The first-order chi connectivity index (χ1) is 10.9. The molecule has 4 rings (SSSR count). The van der Waals surface area contributed by atoms with Crippen molar-refractivity contribution in [2.75, 3.05) is 13.1 Å². The van der Waals surface area contributed by atoms with Gasteiger partial charge in [0.05, 0.1) is 6.54 Å². The lowest BCUT2D eigenvalue weighted by molar-refractivity contribution is 0.177. The molecule has 0 bridgehead atoms. The maximum absolute atomic E-state index is 5.35. The summed E-state index contributed by atoms with van der Waals surface area (Å²) in [5, 5.41) is 12.2. The minimum Gasteiger partial charge on any atom is -0.339 e. The molecule has 0 radical (unpaired) electrons. The third-order valence-corrected chi connectivity index (χ3v) is 5.19. The lowest BCUT2D eigenvalue weighted by atomic mass is 10.1. The fraction of sp³-hybridized carbons (Fsp3) is 0.625. The Hall–Kier alpha value is -1.24. The van der Waals surface area contributed by atoms with Gasteiger partial charge in [-0.1, -0.05) is 5.16 Å². The summed E-state index contributed by atoms with van der Waals surface area (Å²) in [5.74, 6) is 2.24. The second-order valence-corrected chi connectivity index (χ2v) is 7.19. The second kappa shape index (κ2) is 6.48. The molecule has 6 heteroatoms. The molecule has 2 aliphatic rings. The SMILES string of the molecule is c1cc(CNC2CCCN(Cc3noc(C4CC4)n3)C2)cs1. The monoisotopic (exact) mass is 318 g/mol. The molecule has 1 saturated carbocycles. The molecule has 1 saturated heterocycles. The van der Waals surface area contributed by atoms with Crippen LogP contribution in [0, 0.1) is 0 Å². The van der Waals surface area contributed by atoms with E-state index in [4.69, 9.17) is 4.52 Å². The predicted octanol–water partition coefficient (Wildman–Crippen LogP) is 2.76. The standard InChI is InChI=1S/C16H22N4OS/c1-2-14(17-8-12-5-7-22-11-12)9-20(6-1)10-15-18-16(21-19-15)13-3-4-13/h5,7,11,13-14,17H,1-4,6,8-10H2. The van der Waals surface area contributed by atoms with Gasteiger partial charge in [0.15, 0.2) is 5.82 Å². The van der Waals surface area contributed by atoms with Crippen molar-refractivity contribution in [2.45, 2.75) is 50.7 Å². The van der Waals surface area contributed by atoms with Crippen LogP contribution in [0.2, 0.25) is 0 Å². The summed E-state index contributed by atoms with van der Waals surface area (Å²) in [6.45, 7) is 3.98. The highest BCUT2D eigenvalue weighted by Crippen LogP contribution is 2.38. The lowest BCUT2D eigenvalue weighted by Gasteiger charge is -2.32. The van der Waals surface area contributed by atoms with Crippen LogP contribution in [-0.4, -0.2) is 34.2 Å². The smallest absolute Gasteiger partial charge is 0.229 e. The van der Waals surface area contributed by atoms with Gasteiger partial charge in [-0.05, 0) is 54.6 Å². The van der Waals surface area contributed by atoms with Crippen LogP contribution in [0.15, 0.2) is 21.3 Å². The molecule has 118 valence electrons. The summed E-state index contributed by atoms with van der Waals surface area (Å²) in [7, 11) is 0. The maximum atomic E-state index is 5.35. The molecule has 1 aliphatic carbocycles. The van der Waals surface area contributed by atoms with Crippen LogP contribution in [0.4, 0.5) is 0 Å². The van der Waals surface area contributed by atoms with Gasteiger partial charge in [-0.15, -0.1) is 0 Å². The van der Waals surface area contributed by atoms with E-state index in [1.54, 1.807) is 11.3 Å². The summed E-state index contributed by atoms with van der Waals surface area (Å²) in [4.78, 5) is 6.98. The van der Waals surface area contributed by atoms with Crippen molar-refractivity contribution >= 4 is 11.3 Å². The van der Waals surface area contributed by atoms with Crippen LogP contribution >= 0.6 is 11.3 Å². The van der Waals surface area contributed by atoms with Crippen molar-refractivity contribution in [3.8, 4) is 0 Å². The number of nitrogens with one attached hydrogen (secondary N) is 1. The molecule has 1 atom stereocenters. The molecule has 22 heavy (non-hydrogen) atoms. The molecule has 1 N–H and O–H groups in total. The summed E-state index contributed by atoms with van der Waals surface area (Å²) in [5.41, 5.74) is 1.38. The van der Waals surface area contributed by atoms with E-state index in [1.807, 2.05) is 0 Å². The fourth-order valence-electron chi connectivity index (χ4n) is 3.05. The Balaban J connectivity index is 1.28. The summed E-state index contributed by atoms with van der Waals surface area (Å²) >= 11 is 1.76. The molecule has 0 aromatic carbocycles. The molecule has 1 unspecified atom stereocenters. The second-order valence-electron chi connectivity index (χ2n) is 6.41.